The van der Waals surface area contributed by atoms with E-state index in [1.165, 1.54) is 27.7 Å². The van der Waals surface area contributed by atoms with Crippen molar-refractivity contribution in [3.8, 4) is 0 Å². The smallest absolute Gasteiger partial charge is 0.423 e. The number of ether oxygens (including phenoxy) is 6. The van der Waals surface area contributed by atoms with Crippen LogP contribution < -0.4 is 0 Å². The van der Waals surface area contributed by atoms with E-state index in [4.69, 9.17) is 33.0 Å². The van der Waals surface area contributed by atoms with Gasteiger partial charge < -0.3 is 28.8 Å². The Morgan fingerprint density at radius 3 is 2.07 bits per heavy atom. The van der Waals surface area contributed by atoms with Gasteiger partial charge in [-0.05, 0) is 40.5 Å². The third kappa shape index (κ3) is 6.97. The van der Waals surface area contributed by atoms with Gasteiger partial charge in [0.1, 0.15) is 24.4 Å². The predicted molar refractivity (Wildman–Crippen MR) is 124 cm³/mol. The topological polar surface area (TPSA) is 136 Å². The summed E-state index contributed by atoms with van der Waals surface area (Å²) in [6, 6.07) is 0. The molecule has 0 aromatic heterocycles. The van der Waals surface area contributed by atoms with E-state index in [0.29, 0.717) is 6.92 Å². The van der Waals surface area contributed by atoms with E-state index in [0.717, 1.165) is 0 Å². The second-order valence-electron chi connectivity index (χ2n) is 11.0. The lowest BCUT2D eigenvalue weighted by Gasteiger charge is -2.36. The zero-order valence-electron chi connectivity index (χ0n) is 23.2. The molecule has 3 rings (SSSR count). The highest BCUT2D eigenvalue weighted by molar-refractivity contribution is 7.88. The number of carboxylic acid groups (broad SMARTS) is 1. The summed E-state index contributed by atoms with van der Waals surface area (Å²) < 4.78 is 164. The molecule has 0 spiro atoms. The van der Waals surface area contributed by atoms with E-state index >= 15 is 4.39 Å². The first kappa shape index (κ1) is 35.1. The fourth-order valence-corrected chi connectivity index (χ4v) is 5.97. The Morgan fingerprint density at radius 1 is 0.929 bits per heavy atom. The van der Waals surface area contributed by atoms with Crippen LogP contribution in [0, 0.1) is 0 Å². The molecule has 3 fully saturated rings. The van der Waals surface area contributed by atoms with Gasteiger partial charge in [0, 0.05) is 19.3 Å². The van der Waals surface area contributed by atoms with Crippen LogP contribution in [0.15, 0.2) is 0 Å². The van der Waals surface area contributed by atoms with Gasteiger partial charge >= 0.3 is 39.2 Å². The average Bonchev–Trinajstić information content (AvgIpc) is 3.43. The molecule has 3 aliphatic heterocycles. The second-order valence-corrected chi connectivity index (χ2v) is 12.7. The van der Waals surface area contributed by atoms with Crippen molar-refractivity contribution in [3.63, 3.8) is 0 Å². The Hall–Kier alpha value is -1.35. The fourth-order valence-electron chi connectivity index (χ4n) is 4.62. The first-order chi connectivity index (χ1) is 18.9. The molecule has 19 heteroatoms. The fraction of sp³-hybridized carbons (Fsp3) is 0.957. The van der Waals surface area contributed by atoms with Crippen LogP contribution in [0.5, 0.6) is 0 Å². The molecular formula is C23H33F7O11S. The number of unbranched alkanes of at least 4 members (excludes halogenated alkanes) is 1. The molecule has 0 amide bonds. The molecule has 0 aromatic rings. The van der Waals surface area contributed by atoms with Gasteiger partial charge in [-0.2, -0.15) is 34.8 Å². The minimum absolute atomic E-state index is 0.220. The first-order valence-electron chi connectivity index (χ1n) is 12.9. The van der Waals surface area contributed by atoms with Crippen molar-refractivity contribution in [2.75, 3.05) is 6.61 Å². The van der Waals surface area contributed by atoms with E-state index in [9.17, 15) is 39.6 Å². The molecule has 3 unspecified atom stereocenters. The summed E-state index contributed by atoms with van der Waals surface area (Å²) in [7, 11) is -6.33. The number of alkyl halides is 7. The molecule has 3 saturated heterocycles. The number of carbonyl (C=O) groups is 1. The zero-order valence-corrected chi connectivity index (χ0v) is 24.0. The maximum absolute atomic E-state index is 15.8. The van der Waals surface area contributed by atoms with Crippen LogP contribution >= 0.6 is 0 Å². The zero-order chi connectivity index (χ0) is 32.2. The van der Waals surface area contributed by atoms with Crippen molar-refractivity contribution in [3.05, 3.63) is 0 Å². The van der Waals surface area contributed by atoms with E-state index in [-0.39, 0.29) is 6.61 Å². The monoisotopic (exact) mass is 650 g/mol. The van der Waals surface area contributed by atoms with Crippen molar-refractivity contribution in [2.24, 2.45) is 0 Å². The highest BCUT2D eigenvalue weighted by Crippen LogP contribution is 2.51. The molecule has 0 radical (unpaired) electrons. The number of halogens is 7. The summed E-state index contributed by atoms with van der Waals surface area (Å²) in [5.41, 5.74) is 0. The Bertz CT molecular complexity index is 1100. The van der Waals surface area contributed by atoms with Gasteiger partial charge in [-0.25, -0.2) is 9.13 Å². The van der Waals surface area contributed by atoms with E-state index < -0.39 is 114 Å². The standard InChI is InChI=1S/C23H33F7O11S/c1-6-21(26,23(29,30)41-22(27,28)20(24,25)10-8-7-9-13(31)32)42(33,34)40-15-14(12-11-35-18(2,3)37-12)36-17-16(15)38-19(4,5)39-17/h12,14-17H,6-11H2,1-5H3,(H,31,32)/t12?,14-,15?,16+,17-,21?/m1/s1. The van der Waals surface area contributed by atoms with Gasteiger partial charge in [0.2, 0.25) is 0 Å². The van der Waals surface area contributed by atoms with Crippen molar-refractivity contribution >= 4 is 16.1 Å². The van der Waals surface area contributed by atoms with E-state index in [1.807, 2.05) is 0 Å². The molecule has 11 nitrogen and oxygen atoms in total. The molecule has 0 aromatic carbocycles. The Kier molecular flexibility index (Phi) is 9.65. The number of hydrogen-bond donors (Lipinski definition) is 1. The van der Waals surface area contributed by atoms with Crippen LogP contribution in [0.2, 0.25) is 0 Å². The van der Waals surface area contributed by atoms with E-state index in [1.54, 1.807) is 0 Å². The summed E-state index contributed by atoms with van der Waals surface area (Å²) in [5.74, 6) is -9.38. The molecule has 6 atom stereocenters. The number of hydrogen-bond acceptors (Lipinski definition) is 10. The van der Waals surface area contributed by atoms with Gasteiger partial charge in [-0.3, -0.25) is 8.98 Å². The number of fused-ring (bicyclic) bond motifs is 1. The lowest BCUT2D eigenvalue weighted by atomic mass is 10.1. The molecule has 0 aliphatic carbocycles. The number of rotatable bonds is 14. The molecule has 0 saturated carbocycles. The SMILES string of the molecule is CCC(F)(C(F)(F)OC(F)(F)C(F)(F)CCCCC(=O)O)S(=O)(=O)OC1[C@@H](C2COC(C)(C)O2)O[C@@H]2OC(C)(C)O[C@@H]12. The molecule has 3 aliphatic rings. The molecule has 42 heavy (non-hydrogen) atoms. The van der Waals surface area contributed by atoms with Gasteiger partial charge in [0.05, 0.1) is 6.61 Å². The van der Waals surface area contributed by atoms with Gasteiger partial charge in [0.15, 0.2) is 17.9 Å². The van der Waals surface area contributed by atoms with Crippen molar-refractivity contribution in [2.45, 2.75) is 132 Å². The second kappa shape index (κ2) is 11.5. The maximum atomic E-state index is 15.8. The largest absolute Gasteiger partial charge is 0.481 e. The third-order valence-electron chi connectivity index (χ3n) is 6.76. The third-order valence-corrected chi connectivity index (χ3v) is 8.56. The van der Waals surface area contributed by atoms with Crippen LogP contribution in [0.1, 0.15) is 66.7 Å². The molecule has 0 bridgehead atoms. The summed E-state index contributed by atoms with van der Waals surface area (Å²) in [4.78, 5) is 10.5. The van der Waals surface area contributed by atoms with E-state index in [2.05, 4.69) is 4.74 Å². The van der Waals surface area contributed by atoms with Crippen molar-refractivity contribution in [1.29, 1.82) is 0 Å². The van der Waals surface area contributed by atoms with Crippen molar-refractivity contribution < 1.29 is 81.7 Å². The lowest BCUT2D eigenvalue weighted by molar-refractivity contribution is -0.446. The summed E-state index contributed by atoms with van der Waals surface area (Å²) in [5, 5.41) is 3.40. The Labute approximate surface area is 236 Å². The summed E-state index contributed by atoms with van der Waals surface area (Å²) in [6.45, 7) is 6.07. The van der Waals surface area contributed by atoms with Crippen LogP contribution in [0.25, 0.3) is 0 Å². The van der Waals surface area contributed by atoms with Crippen LogP contribution in [0.4, 0.5) is 30.7 Å². The first-order valence-corrected chi connectivity index (χ1v) is 14.3. The lowest BCUT2D eigenvalue weighted by Crippen LogP contribution is -2.59. The number of carboxylic acids is 1. The maximum Gasteiger partial charge on any atom is 0.423 e. The van der Waals surface area contributed by atoms with Crippen LogP contribution in [-0.4, -0.2) is 91.5 Å². The molecule has 3 heterocycles. The van der Waals surface area contributed by atoms with Crippen LogP contribution in [-0.2, 0) is 47.5 Å². The highest BCUT2D eigenvalue weighted by atomic mass is 32.2. The van der Waals surface area contributed by atoms with Crippen molar-refractivity contribution in [1.82, 2.24) is 0 Å². The Balaban J connectivity index is 1.86. The minimum Gasteiger partial charge on any atom is -0.481 e. The van der Waals surface area contributed by atoms with Gasteiger partial charge in [-0.15, -0.1) is 0 Å². The predicted octanol–water partition coefficient (Wildman–Crippen LogP) is 4.29. The summed E-state index contributed by atoms with van der Waals surface area (Å²) in [6.07, 6.45) is -25.2. The average molecular weight is 651 g/mol. The van der Waals surface area contributed by atoms with Gasteiger partial charge in [-0.1, -0.05) is 6.92 Å². The summed E-state index contributed by atoms with van der Waals surface area (Å²) >= 11 is 0. The Morgan fingerprint density at radius 2 is 1.55 bits per heavy atom. The molecule has 1 N–H and O–H groups in total. The molecule has 246 valence electrons. The highest BCUT2D eigenvalue weighted by Gasteiger charge is 2.73. The van der Waals surface area contributed by atoms with Gasteiger partial charge in [0.25, 0.3) is 0 Å². The van der Waals surface area contributed by atoms with Crippen LogP contribution in [0.3, 0.4) is 0 Å². The molecular weight excluding hydrogens is 617 g/mol. The number of aliphatic carboxylic acids is 1. The quantitative estimate of drug-likeness (QED) is 0.164. The normalized spacial score (nSPS) is 31.2. The minimum atomic E-state index is -6.33.